The number of esters is 1. The molecule has 0 saturated carbocycles. The van der Waals surface area contributed by atoms with E-state index in [1.54, 1.807) is 24.3 Å². The summed E-state index contributed by atoms with van der Waals surface area (Å²) < 4.78 is 31.2. The molecule has 0 unspecified atom stereocenters. The minimum Gasteiger partial charge on any atom is -0.465 e. The highest BCUT2D eigenvalue weighted by Gasteiger charge is 2.23. The molecule has 0 bridgehead atoms. The largest absolute Gasteiger partial charge is 0.465 e. The highest BCUT2D eigenvalue weighted by molar-refractivity contribution is 7.90. The van der Waals surface area contributed by atoms with Crippen molar-refractivity contribution in [3.63, 3.8) is 0 Å². The van der Waals surface area contributed by atoms with Crippen LogP contribution in [0.4, 0.5) is 0 Å². The zero-order valence-corrected chi connectivity index (χ0v) is 14.5. The van der Waals surface area contributed by atoms with E-state index in [1.165, 1.54) is 30.3 Å². The summed E-state index contributed by atoms with van der Waals surface area (Å²) in [6, 6.07) is 13.9. The van der Waals surface area contributed by atoms with Crippen molar-refractivity contribution in [3.05, 3.63) is 71.3 Å². The van der Waals surface area contributed by atoms with Gasteiger partial charge in [-0.25, -0.2) is 17.9 Å². The molecular weight excluding hydrogens is 356 g/mol. The van der Waals surface area contributed by atoms with Gasteiger partial charge in [0.15, 0.2) is 0 Å². The maximum absolute atomic E-state index is 12.4. The molecule has 1 amide bonds. The third kappa shape index (κ3) is 4.34. The van der Waals surface area contributed by atoms with Gasteiger partial charge in [0.1, 0.15) is 4.90 Å². The average molecular weight is 370 g/mol. The monoisotopic (exact) mass is 370 g/mol. The van der Waals surface area contributed by atoms with Crippen LogP contribution in [0, 0.1) is 11.3 Å². The van der Waals surface area contributed by atoms with Crippen LogP contribution in [0.15, 0.2) is 59.5 Å². The van der Waals surface area contributed by atoms with E-state index in [-0.39, 0.29) is 10.5 Å². The standard InChI is InChI=1S/C18H14N2O5S/c1-25-18(22)15-8-4-5-9-16(15)26(23,24)20-17(21)11-10-13-6-2-3-7-14(13)12-19/h2-11H,1H3,(H,20,21)/b11-10+. The van der Waals surface area contributed by atoms with Crippen LogP contribution in [0.1, 0.15) is 21.5 Å². The summed E-state index contributed by atoms with van der Waals surface area (Å²) in [4.78, 5) is 23.3. The Morgan fingerprint density at radius 2 is 1.77 bits per heavy atom. The van der Waals surface area contributed by atoms with E-state index >= 15 is 0 Å². The number of hydrogen-bond donors (Lipinski definition) is 1. The molecule has 1 N–H and O–H groups in total. The van der Waals surface area contributed by atoms with Crippen molar-refractivity contribution < 1.29 is 22.7 Å². The Morgan fingerprint density at radius 3 is 2.46 bits per heavy atom. The summed E-state index contributed by atoms with van der Waals surface area (Å²) in [6.45, 7) is 0. The third-order valence-electron chi connectivity index (χ3n) is 3.31. The van der Waals surface area contributed by atoms with Crippen molar-refractivity contribution in [1.82, 2.24) is 4.72 Å². The maximum atomic E-state index is 12.4. The van der Waals surface area contributed by atoms with Gasteiger partial charge < -0.3 is 4.74 Å². The van der Waals surface area contributed by atoms with E-state index < -0.39 is 21.9 Å². The fraction of sp³-hybridized carbons (Fsp3) is 0.0556. The first-order chi connectivity index (χ1) is 12.4. The van der Waals surface area contributed by atoms with Crippen molar-refractivity contribution in [3.8, 4) is 6.07 Å². The second-order valence-corrected chi connectivity index (χ2v) is 6.64. The van der Waals surface area contributed by atoms with E-state index in [0.29, 0.717) is 11.1 Å². The molecule has 7 nitrogen and oxygen atoms in total. The summed E-state index contributed by atoms with van der Waals surface area (Å²) >= 11 is 0. The van der Waals surface area contributed by atoms with Gasteiger partial charge in [0.2, 0.25) is 0 Å². The molecule has 0 spiro atoms. The molecule has 0 saturated heterocycles. The Kier molecular flexibility index (Phi) is 5.88. The molecular formula is C18H14N2O5S. The van der Waals surface area contributed by atoms with E-state index in [1.807, 2.05) is 10.8 Å². The first-order valence-corrected chi connectivity index (χ1v) is 8.78. The van der Waals surface area contributed by atoms with Crippen molar-refractivity contribution in [2.75, 3.05) is 7.11 Å². The number of methoxy groups -OCH3 is 1. The van der Waals surface area contributed by atoms with Gasteiger partial charge in [-0.15, -0.1) is 0 Å². The summed E-state index contributed by atoms with van der Waals surface area (Å²) in [5.74, 6) is -1.76. The second kappa shape index (κ2) is 8.09. The molecule has 2 rings (SSSR count). The van der Waals surface area contributed by atoms with E-state index in [9.17, 15) is 18.0 Å². The lowest BCUT2D eigenvalue weighted by Gasteiger charge is -2.09. The molecule has 26 heavy (non-hydrogen) atoms. The van der Waals surface area contributed by atoms with Crippen LogP contribution >= 0.6 is 0 Å². The Hall–Kier alpha value is -3.44. The fourth-order valence-electron chi connectivity index (χ4n) is 2.11. The number of nitrogens with one attached hydrogen (secondary N) is 1. The molecule has 8 heteroatoms. The number of ether oxygens (including phenoxy) is 1. The van der Waals surface area contributed by atoms with Crippen LogP contribution in [0.3, 0.4) is 0 Å². The lowest BCUT2D eigenvalue weighted by molar-refractivity contribution is -0.114. The highest BCUT2D eigenvalue weighted by Crippen LogP contribution is 2.16. The molecule has 0 aliphatic rings. The minimum absolute atomic E-state index is 0.186. The molecule has 132 valence electrons. The van der Waals surface area contributed by atoms with Gasteiger partial charge in [-0.1, -0.05) is 30.3 Å². The molecule has 2 aromatic rings. The number of carbonyl (C=O) groups excluding carboxylic acids is 2. The van der Waals surface area contributed by atoms with Crippen LogP contribution in [-0.2, 0) is 19.6 Å². The van der Waals surface area contributed by atoms with Crippen LogP contribution < -0.4 is 4.72 Å². The van der Waals surface area contributed by atoms with Crippen molar-refractivity contribution in [2.45, 2.75) is 4.90 Å². The van der Waals surface area contributed by atoms with Gasteiger partial charge in [-0.2, -0.15) is 5.26 Å². The summed E-state index contributed by atoms with van der Waals surface area (Å²) in [5.41, 5.74) is 0.627. The zero-order chi connectivity index (χ0) is 19.2. The van der Waals surface area contributed by atoms with Crippen LogP contribution in [-0.4, -0.2) is 27.4 Å². The molecule has 0 heterocycles. The summed E-state index contributed by atoms with van der Waals surface area (Å²) in [5, 5.41) is 9.00. The Bertz CT molecular complexity index is 1020. The molecule has 0 aliphatic carbocycles. The number of rotatable bonds is 5. The quantitative estimate of drug-likeness (QED) is 0.635. The smallest absolute Gasteiger partial charge is 0.339 e. The van der Waals surface area contributed by atoms with Crippen LogP contribution in [0.5, 0.6) is 0 Å². The van der Waals surface area contributed by atoms with Crippen molar-refractivity contribution in [1.29, 1.82) is 5.26 Å². The first-order valence-electron chi connectivity index (χ1n) is 7.30. The average Bonchev–Trinajstić information content (AvgIpc) is 2.65. The lowest BCUT2D eigenvalue weighted by atomic mass is 10.1. The highest BCUT2D eigenvalue weighted by atomic mass is 32.2. The number of sulfonamides is 1. The minimum atomic E-state index is -4.28. The first kappa shape index (κ1) is 18.9. The van der Waals surface area contributed by atoms with Gasteiger partial charge in [0, 0.05) is 6.08 Å². The van der Waals surface area contributed by atoms with Gasteiger partial charge in [-0.05, 0) is 29.8 Å². The number of benzene rings is 2. The van der Waals surface area contributed by atoms with Gasteiger partial charge in [0.25, 0.3) is 15.9 Å². The number of nitrogens with zero attached hydrogens (tertiary/aromatic N) is 1. The van der Waals surface area contributed by atoms with Gasteiger partial charge in [-0.3, -0.25) is 4.79 Å². The molecule has 0 aliphatic heterocycles. The van der Waals surface area contributed by atoms with E-state index in [2.05, 4.69) is 4.74 Å². The fourth-order valence-corrected chi connectivity index (χ4v) is 3.25. The number of hydrogen-bond acceptors (Lipinski definition) is 6. The second-order valence-electron chi connectivity index (χ2n) is 4.99. The van der Waals surface area contributed by atoms with Gasteiger partial charge >= 0.3 is 5.97 Å². The van der Waals surface area contributed by atoms with Crippen LogP contribution in [0.2, 0.25) is 0 Å². The molecule has 0 radical (unpaired) electrons. The van der Waals surface area contributed by atoms with E-state index in [4.69, 9.17) is 5.26 Å². The Labute approximate surface area is 150 Å². The van der Waals surface area contributed by atoms with Crippen molar-refractivity contribution in [2.24, 2.45) is 0 Å². The van der Waals surface area contributed by atoms with Crippen LogP contribution in [0.25, 0.3) is 6.08 Å². The SMILES string of the molecule is COC(=O)c1ccccc1S(=O)(=O)NC(=O)/C=C/c1ccccc1C#N. The molecule has 0 fully saturated rings. The molecule has 0 aromatic heterocycles. The Balaban J connectivity index is 2.25. The third-order valence-corrected chi connectivity index (χ3v) is 4.72. The number of amides is 1. The van der Waals surface area contributed by atoms with E-state index in [0.717, 1.165) is 13.2 Å². The normalized spacial score (nSPS) is 10.9. The predicted molar refractivity (Wildman–Crippen MR) is 93.3 cm³/mol. The summed E-state index contributed by atoms with van der Waals surface area (Å²) in [7, 11) is -3.16. The zero-order valence-electron chi connectivity index (χ0n) is 13.7. The lowest BCUT2D eigenvalue weighted by Crippen LogP contribution is -2.30. The topological polar surface area (TPSA) is 113 Å². The summed E-state index contributed by atoms with van der Waals surface area (Å²) in [6.07, 6.45) is 2.32. The maximum Gasteiger partial charge on any atom is 0.339 e. The number of nitriles is 1. The predicted octanol–water partition coefficient (Wildman–Crippen LogP) is 1.86. The molecule has 0 atom stereocenters. The molecule has 2 aromatic carbocycles. The number of carbonyl (C=O) groups is 2. The van der Waals surface area contributed by atoms with Crippen molar-refractivity contribution >= 4 is 28.0 Å². The van der Waals surface area contributed by atoms with Gasteiger partial charge in [0.05, 0.1) is 24.3 Å². The Morgan fingerprint density at radius 1 is 1.12 bits per heavy atom.